The van der Waals surface area contributed by atoms with E-state index in [2.05, 4.69) is 11.4 Å². The number of rotatable bonds is 3. The molecule has 1 N–H and O–H groups in total. The standard InChI is InChI=1S/C18H24N2O4/c21-17(11-13-12-22-8-6-19-13)20-7-2-4-15(20)14-3-1-5-16-18(14)24-10-9-23-16/h1,3,5,13,15,19H,2,4,6-12H2. The number of ether oxygens (including phenoxy) is 3. The third kappa shape index (κ3) is 3.08. The maximum atomic E-state index is 12.8. The van der Waals surface area contributed by atoms with Gasteiger partial charge in [-0.1, -0.05) is 12.1 Å². The zero-order valence-corrected chi connectivity index (χ0v) is 13.8. The predicted molar refractivity (Wildman–Crippen MR) is 88.3 cm³/mol. The summed E-state index contributed by atoms with van der Waals surface area (Å²) < 4.78 is 17.0. The van der Waals surface area contributed by atoms with E-state index in [1.54, 1.807) is 0 Å². The van der Waals surface area contributed by atoms with E-state index in [0.717, 1.165) is 49.6 Å². The Morgan fingerprint density at radius 2 is 2.17 bits per heavy atom. The maximum absolute atomic E-state index is 12.8. The van der Waals surface area contributed by atoms with E-state index in [-0.39, 0.29) is 18.0 Å². The molecule has 2 fully saturated rings. The average Bonchev–Trinajstić information content (AvgIpc) is 3.12. The van der Waals surface area contributed by atoms with Gasteiger partial charge in [0.2, 0.25) is 5.91 Å². The highest BCUT2D eigenvalue weighted by Crippen LogP contribution is 2.42. The van der Waals surface area contributed by atoms with Crippen LogP contribution in [-0.2, 0) is 9.53 Å². The van der Waals surface area contributed by atoms with Crippen molar-refractivity contribution >= 4 is 5.91 Å². The molecule has 1 aromatic rings. The zero-order chi connectivity index (χ0) is 16.4. The molecule has 2 unspecified atom stereocenters. The number of fused-ring (bicyclic) bond motifs is 1. The van der Waals surface area contributed by atoms with Gasteiger partial charge in [0, 0.05) is 31.1 Å². The Morgan fingerprint density at radius 1 is 1.25 bits per heavy atom. The molecule has 2 atom stereocenters. The molecule has 4 rings (SSSR count). The van der Waals surface area contributed by atoms with Crippen molar-refractivity contribution in [2.45, 2.75) is 31.3 Å². The van der Waals surface area contributed by atoms with Gasteiger partial charge in [-0.2, -0.15) is 0 Å². The highest BCUT2D eigenvalue weighted by Gasteiger charge is 2.34. The summed E-state index contributed by atoms with van der Waals surface area (Å²) in [7, 11) is 0. The number of morpholine rings is 1. The number of carbonyl (C=O) groups is 1. The number of nitrogens with one attached hydrogen (secondary N) is 1. The molecule has 24 heavy (non-hydrogen) atoms. The summed E-state index contributed by atoms with van der Waals surface area (Å²) in [6.45, 7) is 4.11. The second-order valence-electron chi connectivity index (χ2n) is 6.55. The van der Waals surface area contributed by atoms with Crippen molar-refractivity contribution in [3.63, 3.8) is 0 Å². The van der Waals surface area contributed by atoms with Gasteiger partial charge in [0.1, 0.15) is 13.2 Å². The highest BCUT2D eigenvalue weighted by molar-refractivity contribution is 5.78. The largest absolute Gasteiger partial charge is 0.486 e. The average molecular weight is 332 g/mol. The third-order valence-corrected chi connectivity index (χ3v) is 4.95. The molecule has 0 aliphatic carbocycles. The molecular weight excluding hydrogens is 308 g/mol. The highest BCUT2D eigenvalue weighted by atomic mass is 16.6. The number of hydrogen-bond donors (Lipinski definition) is 1. The van der Waals surface area contributed by atoms with E-state index < -0.39 is 0 Å². The molecule has 3 heterocycles. The van der Waals surface area contributed by atoms with Gasteiger partial charge in [-0.15, -0.1) is 0 Å². The second kappa shape index (κ2) is 6.99. The minimum Gasteiger partial charge on any atom is -0.486 e. The molecule has 3 aliphatic heterocycles. The summed E-state index contributed by atoms with van der Waals surface area (Å²) in [5.74, 6) is 1.79. The lowest BCUT2D eigenvalue weighted by molar-refractivity contribution is -0.133. The lowest BCUT2D eigenvalue weighted by atomic mass is 10.0. The van der Waals surface area contributed by atoms with Gasteiger partial charge in [-0.25, -0.2) is 0 Å². The first kappa shape index (κ1) is 15.7. The Hall–Kier alpha value is -1.79. The summed E-state index contributed by atoms with van der Waals surface area (Å²) in [6, 6.07) is 6.18. The molecule has 3 aliphatic rings. The molecule has 6 nitrogen and oxygen atoms in total. The van der Waals surface area contributed by atoms with E-state index in [4.69, 9.17) is 14.2 Å². The van der Waals surface area contributed by atoms with Crippen LogP contribution in [0.2, 0.25) is 0 Å². The SMILES string of the molecule is O=C(CC1COCCN1)N1CCCC1c1cccc2c1OCCO2. The van der Waals surface area contributed by atoms with E-state index in [1.165, 1.54) is 0 Å². The Morgan fingerprint density at radius 3 is 3.04 bits per heavy atom. The number of likely N-dealkylation sites (tertiary alicyclic amines) is 1. The number of hydrogen-bond acceptors (Lipinski definition) is 5. The summed E-state index contributed by atoms with van der Waals surface area (Å²) in [5.41, 5.74) is 1.07. The van der Waals surface area contributed by atoms with Crippen molar-refractivity contribution in [2.75, 3.05) is 39.5 Å². The molecule has 2 saturated heterocycles. The molecular formula is C18H24N2O4. The van der Waals surface area contributed by atoms with E-state index in [1.807, 2.05) is 17.0 Å². The quantitative estimate of drug-likeness (QED) is 0.909. The second-order valence-corrected chi connectivity index (χ2v) is 6.55. The maximum Gasteiger partial charge on any atom is 0.224 e. The first-order chi connectivity index (χ1) is 11.8. The normalized spacial score (nSPS) is 26.4. The van der Waals surface area contributed by atoms with Crippen LogP contribution < -0.4 is 14.8 Å². The van der Waals surface area contributed by atoms with Crippen LogP contribution in [-0.4, -0.2) is 56.4 Å². The number of para-hydroxylation sites is 1. The van der Waals surface area contributed by atoms with Gasteiger partial charge in [-0.05, 0) is 18.9 Å². The van der Waals surface area contributed by atoms with Crippen molar-refractivity contribution in [1.29, 1.82) is 0 Å². The van der Waals surface area contributed by atoms with Crippen LogP contribution >= 0.6 is 0 Å². The molecule has 0 aromatic heterocycles. The Balaban J connectivity index is 1.51. The molecule has 130 valence electrons. The van der Waals surface area contributed by atoms with Crippen LogP contribution in [0.1, 0.15) is 30.9 Å². The molecule has 1 amide bonds. The van der Waals surface area contributed by atoms with Crippen LogP contribution in [0.3, 0.4) is 0 Å². The topological polar surface area (TPSA) is 60.0 Å². The summed E-state index contributed by atoms with van der Waals surface area (Å²) >= 11 is 0. The summed E-state index contributed by atoms with van der Waals surface area (Å²) in [6.07, 6.45) is 2.48. The zero-order valence-electron chi connectivity index (χ0n) is 13.8. The van der Waals surface area contributed by atoms with Gasteiger partial charge in [0.05, 0.1) is 19.3 Å². The summed E-state index contributed by atoms with van der Waals surface area (Å²) in [4.78, 5) is 14.8. The fourth-order valence-corrected chi connectivity index (χ4v) is 3.83. The van der Waals surface area contributed by atoms with Crippen molar-refractivity contribution < 1.29 is 19.0 Å². The molecule has 0 radical (unpaired) electrons. The number of carbonyl (C=O) groups excluding carboxylic acids is 1. The smallest absolute Gasteiger partial charge is 0.224 e. The first-order valence-corrected chi connectivity index (χ1v) is 8.82. The van der Waals surface area contributed by atoms with Gasteiger partial charge in [0.15, 0.2) is 11.5 Å². The van der Waals surface area contributed by atoms with Crippen LogP contribution in [0, 0.1) is 0 Å². The number of nitrogens with zero attached hydrogens (tertiary/aromatic N) is 1. The lowest BCUT2D eigenvalue weighted by Gasteiger charge is -2.31. The Kier molecular flexibility index (Phi) is 4.58. The molecule has 0 spiro atoms. The van der Waals surface area contributed by atoms with E-state index >= 15 is 0 Å². The molecule has 0 bridgehead atoms. The predicted octanol–water partition coefficient (Wildman–Crippen LogP) is 1.50. The first-order valence-electron chi connectivity index (χ1n) is 8.82. The molecule has 6 heteroatoms. The van der Waals surface area contributed by atoms with E-state index in [0.29, 0.717) is 26.2 Å². The lowest BCUT2D eigenvalue weighted by Crippen LogP contribution is -2.45. The summed E-state index contributed by atoms with van der Waals surface area (Å²) in [5, 5.41) is 3.36. The minimum atomic E-state index is 0.0821. The minimum absolute atomic E-state index is 0.0821. The fourth-order valence-electron chi connectivity index (χ4n) is 3.83. The van der Waals surface area contributed by atoms with Crippen molar-refractivity contribution in [2.24, 2.45) is 0 Å². The van der Waals surface area contributed by atoms with Gasteiger partial charge in [-0.3, -0.25) is 4.79 Å². The Bertz CT molecular complexity index is 601. The van der Waals surface area contributed by atoms with Gasteiger partial charge in [0.25, 0.3) is 0 Å². The number of amides is 1. The fraction of sp³-hybridized carbons (Fsp3) is 0.611. The molecule has 0 saturated carbocycles. The van der Waals surface area contributed by atoms with Crippen LogP contribution in [0.25, 0.3) is 0 Å². The van der Waals surface area contributed by atoms with Crippen LogP contribution in [0.15, 0.2) is 18.2 Å². The van der Waals surface area contributed by atoms with Crippen molar-refractivity contribution in [3.8, 4) is 11.5 Å². The Labute approximate surface area is 142 Å². The van der Waals surface area contributed by atoms with Crippen LogP contribution in [0.5, 0.6) is 11.5 Å². The third-order valence-electron chi connectivity index (χ3n) is 4.95. The van der Waals surface area contributed by atoms with Gasteiger partial charge >= 0.3 is 0 Å². The van der Waals surface area contributed by atoms with E-state index in [9.17, 15) is 4.79 Å². The monoisotopic (exact) mass is 332 g/mol. The van der Waals surface area contributed by atoms with Crippen molar-refractivity contribution in [3.05, 3.63) is 23.8 Å². The van der Waals surface area contributed by atoms with Gasteiger partial charge < -0.3 is 24.4 Å². The van der Waals surface area contributed by atoms with Crippen molar-refractivity contribution in [1.82, 2.24) is 10.2 Å². The van der Waals surface area contributed by atoms with Crippen LogP contribution in [0.4, 0.5) is 0 Å². The number of benzene rings is 1. The molecule has 1 aromatic carbocycles.